The number of hydrogen-bond donors (Lipinski definition) is 0. The number of hydrogen-bond acceptors (Lipinski definition) is 6. The van der Waals surface area contributed by atoms with Gasteiger partial charge in [0, 0.05) is 43.2 Å². The molecular formula is C25H32N4OS3. The highest BCUT2D eigenvalue weighted by Gasteiger charge is 2.27. The molecule has 0 spiro atoms. The van der Waals surface area contributed by atoms with Crippen LogP contribution < -0.4 is 0 Å². The number of rotatable bonds is 7. The summed E-state index contributed by atoms with van der Waals surface area (Å²) in [5.41, 5.74) is 1.04. The molecule has 0 bridgehead atoms. The summed E-state index contributed by atoms with van der Waals surface area (Å²) >= 11 is 3.46. The van der Waals surface area contributed by atoms with Crippen molar-refractivity contribution in [3.63, 3.8) is 0 Å². The number of fused-ring (bicyclic) bond motifs is 1. The fourth-order valence-electron chi connectivity index (χ4n) is 5.20. The maximum atomic E-state index is 13.1. The topological polar surface area (TPSA) is 59.0 Å². The van der Waals surface area contributed by atoms with Crippen LogP contribution in [-0.2, 0) is 23.8 Å². The zero-order chi connectivity index (χ0) is 22.8. The van der Waals surface area contributed by atoms with Crippen molar-refractivity contribution in [2.24, 2.45) is 17.8 Å². The second kappa shape index (κ2) is 10.5. The van der Waals surface area contributed by atoms with Crippen LogP contribution in [0.3, 0.4) is 0 Å². The van der Waals surface area contributed by atoms with Gasteiger partial charge < -0.3 is 0 Å². The third-order valence-electron chi connectivity index (χ3n) is 6.96. The van der Waals surface area contributed by atoms with Crippen molar-refractivity contribution in [2.45, 2.75) is 61.7 Å². The highest BCUT2D eigenvalue weighted by atomic mass is 32.2. The maximum Gasteiger partial charge on any atom is 0.128 e. The van der Waals surface area contributed by atoms with Crippen LogP contribution in [-0.4, -0.2) is 42.8 Å². The van der Waals surface area contributed by atoms with Gasteiger partial charge in [-0.05, 0) is 74.3 Å². The molecule has 2 unspecified atom stereocenters. The van der Waals surface area contributed by atoms with Gasteiger partial charge in [0.1, 0.15) is 16.8 Å². The number of thiazole rings is 1. The molecule has 1 saturated heterocycles. The van der Waals surface area contributed by atoms with Crippen LogP contribution in [0.15, 0.2) is 40.4 Å². The number of aromatic nitrogens is 3. The summed E-state index contributed by atoms with van der Waals surface area (Å²) in [7, 11) is -1.07. The normalized spacial score (nSPS) is 25.0. The van der Waals surface area contributed by atoms with Gasteiger partial charge in [-0.25, -0.2) is 23.5 Å². The first-order valence-corrected chi connectivity index (χ1v) is 15.1. The van der Waals surface area contributed by atoms with E-state index >= 15 is 0 Å². The monoisotopic (exact) mass is 500 g/mol. The van der Waals surface area contributed by atoms with Crippen LogP contribution in [0.2, 0.25) is 0 Å². The van der Waals surface area contributed by atoms with E-state index in [1.165, 1.54) is 30.7 Å². The first-order chi connectivity index (χ1) is 16.1. The Morgan fingerprint density at radius 1 is 1.15 bits per heavy atom. The van der Waals surface area contributed by atoms with Crippen LogP contribution in [0.5, 0.6) is 0 Å². The zero-order valence-electron chi connectivity index (χ0n) is 19.4. The Balaban J connectivity index is 1.20. The summed E-state index contributed by atoms with van der Waals surface area (Å²) in [6.07, 6.45) is 14.1. The van der Waals surface area contributed by atoms with Crippen molar-refractivity contribution in [1.29, 1.82) is 0 Å². The quantitative estimate of drug-likeness (QED) is 0.386. The molecule has 0 radical (unpaired) electrons. The summed E-state index contributed by atoms with van der Waals surface area (Å²) in [5, 5.41) is 1.21. The minimum Gasteiger partial charge on any atom is -0.241 e. The molecule has 5 nitrogen and oxygen atoms in total. The molecule has 33 heavy (non-hydrogen) atoms. The van der Waals surface area contributed by atoms with Gasteiger partial charge in [0.25, 0.3) is 0 Å². The second-order valence-corrected chi connectivity index (χ2v) is 13.1. The molecule has 1 aromatic carbocycles. The summed E-state index contributed by atoms with van der Waals surface area (Å²) in [5.74, 6) is 2.95. The van der Waals surface area contributed by atoms with Crippen LogP contribution in [0.1, 0.15) is 49.9 Å². The van der Waals surface area contributed by atoms with Gasteiger partial charge in [-0.15, -0.1) is 23.1 Å². The molecule has 2 aromatic heterocycles. The lowest BCUT2D eigenvalue weighted by atomic mass is 9.99. The van der Waals surface area contributed by atoms with Gasteiger partial charge in [-0.1, -0.05) is 6.92 Å². The Kier molecular flexibility index (Phi) is 7.45. The van der Waals surface area contributed by atoms with E-state index in [9.17, 15) is 4.21 Å². The van der Waals surface area contributed by atoms with Crippen molar-refractivity contribution >= 4 is 44.3 Å². The van der Waals surface area contributed by atoms with E-state index in [1.54, 1.807) is 23.1 Å². The zero-order valence-corrected chi connectivity index (χ0v) is 21.9. The van der Waals surface area contributed by atoms with Crippen molar-refractivity contribution in [2.75, 3.05) is 19.3 Å². The standard InChI is InChI=1S/C25H32N4OS3/c1-17-4-3-9-29(16-17)33(30)21-7-8-22-23(13-21)32-25(28-22)12-19-6-5-18(10-19)11-24-26-14-20(31-2)15-27-24/h7-8,13-15,17-19H,3-6,9-12,16H2,1-2H3/t17?,18-,19-,33?/m0/s1. The van der Waals surface area contributed by atoms with Crippen LogP contribution in [0.4, 0.5) is 0 Å². The molecule has 1 aliphatic heterocycles. The smallest absolute Gasteiger partial charge is 0.128 e. The van der Waals surface area contributed by atoms with Crippen LogP contribution in [0, 0.1) is 17.8 Å². The molecule has 176 valence electrons. The first kappa shape index (κ1) is 23.4. The minimum absolute atomic E-state index is 0.623. The minimum atomic E-state index is -1.07. The van der Waals surface area contributed by atoms with Crippen molar-refractivity contribution in [3.05, 3.63) is 41.4 Å². The highest BCUT2D eigenvalue weighted by molar-refractivity contribution is 7.98. The molecule has 2 aliphatic rings. The number of thioether (sulfide) groups is 1. The van der Waals surface area contributed by atoms with E-state index < -0.39 is 11.0 Å². The third kappa shape index (κ3) is 5.66. The average molecular weight is 501 g/mol. The van der Waals surface area contributed by atoms with E-state index in [0.29, 0.717) is 17.8 Å². The highest BCUT2D eigenvalue weighted by Crippen LogP contribution is 2.36. The van der Waals surface area contributed by atoms with Crippen molar-refractivity contribution in [3.8, 4) is 0 Å². The number of nitrogens with zero attached hydrogens (tertiary/aromatic N) is 4. The molecule has 4 atom stereocenters. The lowest BCUT2D eigenvalue weighted by Gasteiger charge is -2.29. The third-order valence-corrected chi connectivity index (χ3v) is 10.1. The van der Waals surface area contributed by atoms with Gasteiger partial charge >= 0.3 is 0 Å². The molecule has 0 amide bonds. The molecule has 0 N–H and O–H groups in total. The van der Waals surface area contributed by atoms with Gasteiger partial charge in [0.2, 0.25) is 0 Å². The molecule has 3 aromatic rings. The SMILES string of the molecule is CSc1cnc(C[C@H]2CC[C@H](Cc3nc4ccc(S(=O)N5CCCC(C)C5)cc4s3)C2)nc1. The fourth-order valence-corrected chi connectivity index (χ4v) is 8.10. The molecule has 1 saturated carbocycles. The molecule has 3 heterocycles. The van der Waals surface area contributed by atoms with E-state index in [4.69, 9.17) is 4.98 Å². The summed E-state index contributed by atoms with van der Waals surface area (Å²) in [6.45, 7) is 4.11. The molecule has 8 heteroatoms. The Bertz CT molecular complexity index is 1120. The van der Waals surface area contributed by atoms with Gasteiger partial charge in [-0.3, -0.25) is 0 Å². The Morgan fingerprint density at radius 3 is 2.70 bits per heavy atom. The molecule has 2 fully saturated rings. The average Bonchev–Trinajstić information content (AvgIpc) is 3.44. The fraction of sp³-hybridized carbons (Fsp3) is 0.560. The van der Waals surface area contributed by atoms with E-state index in [-0.39, 0.29) is 0 Å². The van der Waals surface area contributed by atoms with Crippen LogP contribution >= 0.6 is 23.1 Å². The van der Waals surface area contributed by atoms with Gasteiger partial charge in [0.15, 0.2) is 0 Å². The van der Waals surface area contributed by atoms with Gasteiger partial charge in [-0.2, -0.15) is 0 Å². The van der Waals surface area contributed by atoms with E-state index in [2.05, 4.69) is 39.6 Å². The second-order valence-electron chi connectivity index (χ2n) is 9.61. The Labute approximate surface area is 207 Å². The largest absolute Gasteiger partial charge is 0.241 e. The Morgan fingerprint density at radius 2 is 1.94 bits per heavy atom. The summed E-state index contributed by atoms with van der Waals surface area (Å²) < 4.78 is 16.4. The van der Waals surface area contributed by atoms with Gasteiger partial charge in [0.05, 0.1) is 20.1 Å². The molecule has 1 aliphatic carbocycles. The van der Waals surface area contributed by atoms with E-state index in [0.717, 1.165) is 58.2 Å². The lowest BCUT2D eigenvalue weighted by molar-refractivity contribution is 0.293. The maximum absolute atomic E-state index is 13.1. The molecule has 5 rings (SSSR count). The summed E-state index contributed by atoms with van der Waals surface area (Å²) in [6, 6.07) is 6.18. The molecular weight excluding hydrogens is 469 g/mol. The summed E-state index contributed by atoms with van der Waals surface area (Å²) in [4.78, 5) is 16.0. The number of benzene rings is 1. The van der Waals surface area contributed by atoms with Crippen molar-refractivity contribution in [1.82, 2.24) is 19.3 Å². The van der Waals surface area contributed by atoms with E-state index in [1.807, 2.05) is 18.5 Å². The lowest BCUT2D eigenvalue weighted by Crippen LogP contribution is -2.35. The van der Waals surface area contributed by atoms with Crippen LogP contribution in [0.25, 0.3) is 10.2 Å². The van der Waals surface area contributed by atoms with Crippen molar-refractivity contribution < 1.29 is 4.21 Å². The predicted octanol–water partition coefficient (Wildman–Crippen LogP) is 5.76. The predicted molar refractivity (Wildman–Crippen MR) is 138 cm³/mol. The number of piperidine rings is 1. The first-order valence-electron chi connectivity index (χ1n) is 12.0. The Hall–Kier alpha value is -1.35.